The number of phenols is 2. The van der Waals surface area contributed by atoms with Gasteiger partial charge in [-0.3, -0.25) is 4.79 Å². The SMILES string of the molecule is CC1SC(=O)NN=C1c1ccc2c(c1)CCCN2C.O=CCc1c(O)cccc1O. The molecule has 2 aromatic carbocycles. The number of hydrogen-bond donors (Lipinski definition) is 3. The maximum absolute atomic E-state index is 11.3. The van der Waals surface area contributed by atoms with Crippen molar-refractivity contribution in [2.45, 2.75) is 31.4 Å². The van der Waals surface area contributed by atoms with Crippen LogP contribution in [0.1, 0.15) is 30.0 Å². The summed E-state index contributed by atoms with van der Waals surface area (Å²) >= 11 is 1.29. The molecule has 1 atom stereocenters. The molecule has 0 saturated heterocycles. The number of carbonyl (C=O) groups is 2. The van der Waals surface area contributed by atoms with Crippen molar-refractivity contribution in [1.29, 1.82) is 0 Å². The minimum atomic E-state index is -0.0751. The molecule has 1 amide bonds. The third-order valence-electron chi connectivity index (χ3n) is 5.08. The zero-order chi connectivity index (χ0) is 21.7. The van der Waals surface area contributed by atoms with Gasteiger partial charge >= 0.3 is 0 Å². The summed E-state index contributed by atoms with van der Waals surface area (Å²) in [5, 5.41) is 22.4. The van der Waals surface area contributed by atoms with Crippen molar-refractivity contribution in [3.8, 4) is 11.5 Å². The Bertz CT molecular complexity index is 957. The number of rotatable bonds is 3. The Morgan fingerprint density at radius 1 is 1.27 bits per heavy atom. The molecule has 0 spiro atoms. The number of phenolic OH excluding ortho intramolecular Hbond substituents is 2. The Morgan fingerprint density at radius 3 is 2.67 bits per heavy atom. The second-order valence-electron chi connectivity index (χ2n) is 7.17. The van der Waals surface area contributed by atoms with E-state index in [9.17, 15) is 9.59 Å². The first kappa shape index (κ1) is 21.7. The number of nitrogens with zero attached hydrogens (tertiary/aromatic N) is 2. The molecule has 4 rings (SSSR count). The van der Waals surface area contributed by atoms with Crippen LogP contribution in [-0.4, -0.2) is 46.3 Å². The molecule has 3 N–H and O–H groups in total. The number of carbonyl (C=O) groups excluding carboxylic acids is 2. The van der Waals surface area contributed by atoms with Crippen LogP contribution in [0, 0.1) is 0 Å². The largest absolute Gasteiger partial charge is 0.508 e. The topological polar surface area (TPSA) is 102 Å². The van der Waals surface area contributed by atoms with E-state index < -0.39 is 0 Å². The fraction of sp³-hybridized carbons (Fsp3) is 0.318. The van der Waals surface area contributed by atoms with Crippen molar-refractivity contribution in [1.82, 2.24) is 5.43 Å². The lowest BCUT2D eigenvalue weighted by molar-refractivity contribution is -0.107. The lowest BCUT2D eigenvalue weighted by Gasteiger charge is -2.28. The summed E-state index contributed by atoms with van der Waals surface area (Å²) in [6.45, 7) is 3.14. The van der Waals surface area contributed by atoms with Crippen LogP contribution in [0.2, 0.25) is 0 Å². The van der Waals surface area contributed by atoms with Crippen molar-refractivity contribution in [3.05, 3.63) is 53.1 Å². The molecule has 0 bridgehead atoms. The first-order chi connectivity index (χ1) is 14.4. The Morgan fingerprint density at radius 2 is 2.00 bits per heavy atom. The molecule has 0 saturated carbocycles. The number of benzene rings is 2. The number of hydrazone groups is 1. The predicted octanol–water partition coefficient (Wildman–Crippen LogP) is 3.46. The van der Waals surface area contributed by atoms with E-state index in [2.05, 4.69) is 40.7 Å². The highest BCUT2D eigenvalue weighted by atomic mass is 32.2. The van der Waals surface area contributed by atoms with Crippen LogP contribution in [0.25, 0.3) is 0 Å². The highest BCUT2D eigenvalue weighted by Gasteiger charge is 2.23. The van der Waals surface area contributed by atoms with Gasteiger partial charge in [-0.05, 0) is 55.2 Å². The van der Waals surface area contributed by atoms with E-state index in [1.807, 2.05) is 6.92 Å². The van der Waals surface area contributed by atoms with Crippen LogP contribution in [0.5, 0.6) is 11.5 Å². The summed E-state index contributed by atoms with van der Waals surface area (Å²) in [6, 6.07) is 10.9. The molecule has 158 valence electrons. The molecule has 1 unspecified atom stereocenters. The van der Waals surface area contributed by atoms with Gasteiger partial charge in [0.25, 0.3) is 5.24 Å². The summed E-state index contributed by atoms with van der Waals surface area (Å²) in [5.41, 5.74) is 7.60. The predicted molar refractivity (Wildman–Crippen MR) is 120 cm³/mol. The first-order valence-electron chi connectivity index (χ1n) is 9.72. The Labute approximate surface area is 179 Å². The summed E-state index contributed by atoms with van der Waals surface area (Å²) in [7, 11) is 2.13. The molecule has 2 aliphatic heterocycles. The van der Waals surface area contributed by atoms with E-state index in [-0.39, 0.29) is 34.0 Å². The van der Waals surface area contributed by atoms with Crippen molar-refractivity contribution < 1.29 is 19.8 Å². The Balaban J connectivity index is 0.000000199. The van der Waals surface area contributed by atoms with Gasteiger partial charge in [0.15, 0.2) is 0 Å². The number of nitrogens with one attached hydrogen (secondary N) is 1. The average molecular weight is 428 g/mol. The van der Waals surface area contributed by atoms with Gasteiger partial charge in [0, 0.05) is 31.3 Å². The summed E-state index contributed by atoms with van der Waals surface area (Å²) in [5.74, 6) is -0.0887. The maximum atomic E-state index is 11.3. The maximum Gasteiger partial charge on any atom is 0.299 e. The monoisotopic (exact) mass is 427 g/mol. The number of thioether (sulfide) groups is 1. The van der Waals surface area contributed by atoms with Crippen LogP contribution < -0.4 is 10.3 Å². The van der Waals surface area contributed by atoms with E-state index in [1.165, 1.54) is 47.6 Å². The number of aldehydes is 1. The minimum absolute atomic E-state index is 0.0402. The van der Waals surface area contributed by atoms with Gasteiger partial charge in [-0.15, -0.1) is 0 Å². The van der Waals surface area contributed by atoms with Crippen molar-refractivity contribution in [2.24, 2.45) is 5.10 Å². The average Bonchev–Trinajstić information content (AvgIpc) is 2.71. The van der Waals surface area contributed by atoms with Gasteiger partial charge in [0.05, 0.1) is 11.0 Å². The standard InChI is InChI=1S/C14H17N3OS.C8H8O3/c1-9-13(15-16-14(18)19-9)11-5-6-12-10(8-11)4-3-7-17(12)2;9-5-4-6-7(10)2-1-3-8(6)11/h5-6,8-9H,3-4,7H2,1-2H3,(H,16,18);1-3,5,10-11H,4H2. The van der Waals surface area contributed by atoms with Crippen molar-refractivity contribution in [2.75, 3.05) is 18.5 Å². The van der Waals surface area contributed by atoms with E-state index in [0.717, 1.165) is 24.2 Å². The van der Waals surface area contributed by atoms with Gasteiger partial charge in [0.2, 0.25) is 0 Å². The molecule has 2 aromatic rings. The molecule has 30 heavy (non-hydrogen) atoms. The number of fused-ring (bicyclic) bond motifs is 1. The molecular formula is C22H25N3O4S. The van der Waals surface area contributed by atoms with Gasteiger partial charge in [-0.2, -0.15) is 5.10 Å². The number of amides is 1. The fourth-order valence-corrected chi connectivity index (χ4v) is 4.26. The zero-order valence-electron chi connectivity index (χ0n) is 17.0. The van der Waals surface area contributed by atoms with Crippen LogP contribution in [0.3, 0.4) is 0 Å². The van der Waals surface area contributed by atoms with Crippen LogP contribution in [0.4, 0.5) is 10.5 Å². The molecule has 0 aliphatic carbocycles. The van der Waals surface area contributed by atoms with Crippen LogP contribution >= 0.6 is 11.8 Å². The van der Waals surface area contributed by atoms with Gasteiger partial charge in [0.1, 0.15) is 17.8 Å². The fourth-order valence-electron chi connectivity index (χ4n) is 3.54. The number of hydrogen-bond acceptors (Lipinski definition) is 7. The highest BCUT2D eigenvalue weighted by Crippen LogP contribution is 2.29. The molecule has 7 nitrogen and oxygen atoms in total. The third kappa shape index (κ3) is 4.94. The second-order valence-corrected chi connectivity index (χ2v) is 8.48. The van der Waals surface area contributed by atoms with E-state index in [0.29, 0.717) is 6.29 Å². The van der Waals surface area contributed by atoms with Crippen LogP contribution in [-0.2, 0) is 17.6 Å². The molecule has 0 aromatic heterocycles. The van der Waals surface area contributed by atoms with E-state index >= 15 is 0 Å². The highest BCUT2D eigenvalue weighted by molar-refractivity contribution is 8.14. The van der Waals surface area contributed by atoms with Crippen molar-refractivity contribution >= 4 is 34.7 Å². The lowest BCUT2D eigenvalue weighted by Crippen LogP contribution is -2.30. The normalized spacial score (nSPS) is 17.8. The number of anilines is 1. The molecular weight excluding hydrogens is 402 g/mol. The molecule has 2 aliphatic rings. The lowest BCUT2D eigenvalue weighted by atomic mass is 9.97. The van der Waals surface area contributed by atoms with E-state index in [4.69, 9.17) is 10.2 Å². The van der Waals surface area contributed by atoms with Crippen molar-refractivity contribution in [3.63, 3.8) is 0 Å². The van der Waals surface area contributed by atoms with Crippen LogP contribution in [0.15, 0.2) is 41.5 Å². The molecule has 0 radical (unpaired) electrons. The molecule has 2 heterocycles. The molecule has 0 fully saturated rings. The minimum Gasteiger partial charge on any atom is -0.508 e. The van der Waals surface area contributed by atoms with Gasteiger partial charge in [-0.1, -0.05) is 23.9 Å². The second kappa shape index (κ2) is 9.67. The summed E-state index contributed by atoms with van der Waals surface area (Å²) in [4.78, 5) is 23.6. The Hall–Kier alpha value is -3.00. The summed E-state index contributed by atoms with van der Waals surface area (Å²) in [6.07, 6.45) is 2.99. The zero-order valence-corrected chi connectivity index (χ0v) is 17.8. The Kier molecular flexibility index (Phi) is 6.99. The third-order valence-corrected chi connectivity index (χ3v) is 5.96. The number of aryl methyl sites for hydroxylation is 1. The summed E-state index contributed by atoms with van der Waals surface area (Å²) < 4.78 is 0. The van der Waals surface area contributed by atoms with Gasteiger partial charge < -0.3 is 19.9 Å². The first-order valence-corrected chi connectivity index (χ1v) is 10.6. The van der Waals surface area contributed by atoms with Gasteiger partial charge in [-0.25, -0.2) is 5.43 Å². The molecule has 8 heteroatoms. The quantitative estimate of drug-likeness (QED) is 0.649. The van der Waals surface area contributed by atoms with E-state index in [1.54, 1.807) is 0 Å². The smallest absolute Gasteiger partial charge is 0.299 e. The number of aromatic hydroxyl groups is 2.